The summed E-state index contributed by atoms with van der Waals surface area (Å²) in [5.74, 6) is 0.513. The number of benzene rings is 1. The van der Waals surface area contributed by atoms with Crippen LogP contribution < -0.4 is 16.2 Å². The Morgan fingerprint density at radius 2 is 2.15 bits per heavy atom. The lowest BCUT2D eigenvalue weighted by Gasteiger charge is -2.21. The number of aryl methyl sites for hydroxylation is 1. The van der Waals surface area contributed by atoms with Crippen LogP contribution in [-0.4, -0.2) is 39.0 Å². The van der Waals surface area contributed by atoms with Gasteiger partial charge < -0.3 is 15.2 Å². The zero-order valence-electron chi connectivity index (χ0n) is 19.9. The van der Waals surface area contributed by atoms with E-state index in [1.807, 2.05) is 49.6 Å². The third-order valence-electron chi connectivity index (χ3n) is 6.29. The van der Waals surface area contributed by atoms with Crippen molar-refractivity contribution in [3.8, 4) is 6.07 Å². The zero-order valence-corrected chi connectivity index (χ0v) is 19.9. The summed E-state index contributed by atoms with van der Waals surface area (Å²) in [5.41, 5.74) is 9.60. The van der Waals surface area contributed by atoms with Gasteiger partial charge in [-0.15, -0.1) is 0 Å². The summed E-state index contributed by atoms with van der Waals surface area (Å²) >= 11 is 0. The lowest BCUT2D eigenvalue weighted by Crippen LogP contribution is -2.29. The summed E-state index contributed by atoms with van der Waals surface area (Å²) < 4.78 is 3.19. The number of ketones is 1. The molecule has 0 saturated carbocycles. The summed E-state index contributed by atoms with van der Waals surface area (Å²) in [4.78, 5) is 33.1. The van der Waals surface area contributed by atoms with E-state index in [1.54, 1.807) is 6.07 Å². The van der Waals surface area contributed by atoms with E-state index in [1.165, 1.54) is 10.9 Å². The molecular weight excluding hydrogens is 428 g/mol. The molecule has 34 heavy (non-hydrogen) atoms. The standard InChI is InChI=1S/C26H30N6O2/c1-4-18-6-5-7-19(12-18)22(33)15-31-16-29-23-21(13-27)25(30-10-9-20(28)14-30)32(11-8-17(2)3)24(23)26(31)34/h5-8,12,16,20H,4,9-11,14-15,28H2,1-3H3. The number of carbonyl (C=O) groups excluding carboxylic acids is 1. The Morgan fingerprint density at radius 3 is 2.79 bits per heavy atom. The molecule has 3 aromatic rings. The van der Waals surface area contributed by atoms with Crippen LogP contribution in [0, 0.1) is 11.3 Å². The highest BCUT2D eigenvalue weighted by atomic mass is 16.1. The van der Waals surface area contributed by atoms with Crippen LogP contribution in [-0.2, 0) is 19.5 Å². The first kappa shape index (κ1) is 23.5. The highest BCUT2D eigenvalue weighted by molar-refractivity contribution is 5.96. The first-order chi connectivity index (χ1) is 16.3. The number of rotatable bonds is 7. The SMILES string of the molecule is CCc1cccc(C(=O)Cn2cnc3c(C#N)c(N4CCC(N)C4)n(CC=C(C)C)c3c2=O)c1. The number of nitriles is 1. The molecule has 1 unspecified atom stereocenters. The number of carbonyl (C=O) groups is 1. The summed E-state index contributed by atoms with van der Waals surface area (Å²) in [6.45, 7) is 7.64. The third-order valence-corrected chi connectivity index (χ3v) is 6.29. The molecule has 1 saturated heterocycles. The van der Waals surface area contributed by atoms with Gasteiger partial charge in [0.05, 0.1) is 12.9 Å². The first-order valence-electron chi connectivity index (χ1n) is 11.6. The van der Waals surface area contributed by atoms with Gasteiger partial charge in [-0.05, 0) is 38.3 Å². The van der Waals surface area contributed by atoms with Crippen LogP contribution in [0.1, 0.15) is 48.7 Å². The molecule has 8 heteroatoms. The van der Waals surface area contributed by atoms with Crippen molar-refractivity contribution in [3.05, 3.63) is 69.3 Å². The van der Waals surface area contributed by atoms with Crippen molar-refractivity contribution >= 4 is 22.6 Å². The van der Waals surface area contributed by atoms with Gasteiger partial charge in [-0.2, -0.15) is 5.26 Å². The molecule has 0 radical (unpaired) electrons. The van der Waals surface area contributed by atoms with Crippen molar-refractivity contribution < 1.29 is 4.79 Å². The minimum absolute atomic E-state index is 0.0163. The second-order valence-electron chi connectivity index (χ2n) is 9.05. The van der Waals surface area contributed by atoms with Crippen LogP contribution in [0.15, 0.2) is 47.0 Å². The summed E-state index contributed by atoms with van der Waals surface area (Å²) in [6.07, 6.45) is 5.03. The predicted octanol–water partition coefficient (Wildman–Crippen LogP) is 3.02. The highest BCUT2D eigenvalue weighted by Crippen LogP contribution is 2.32. The minimum Gasteiger partial charge on any atom is -0.355 e. The number of nitrogens with two attached hydrogens (primary N) is 1. The molecule has 1 atom stereocenters. The van der Waals surface area contributed by atoms with Crippen LogP contribution in [0.5, 0.6) is 0 Å². The molecule has 2 aromatic heterocycles. The second-order valence-corrected chi connectivity index (χ2v) is 9.05. The molecule has 1 fully saturated rings. The number of nitrogens with zero attached hydrogens (tertiary/aromatic N) is 5. The van der Waals surface area contributed by atoms with E-state index in [4.69, 9.17) is 5.73 Å². The molecule has 2 N–H and O–H groups in total. The molecule has 0 bridgehead atoms. The van der Waals surface area contributed by atoms with E-state index in [9.17, 15) is 14.9 Å². The molecule has 1 aromatic carbocycles. The number of hydrogen-bond donors (Lipinski definition) is 1. The van der Waals surface area contributed by atoms with E-state index >= 15 is 0 Å². The van der Waals surface area contributed by atoms with Crippen molar-refractivity contribution in [1.82, 2.24) is 14.1 Å². The quantitative estimate of drug-likeness (QED) is 0.430. The van der Waals surface area contributed by atoms with Gasteiger partial charge in [0.1, 0.15) is 28.5 Å². The van der Waals surface area contributed by atoms with Crippen LogP contribution in [0.2, 0.25) is 0 Å². The van der Waals surface area contributed by atoms with Crippen molar-refractivity contribution in [2.24, 2.45) is 5.73 Å². The van der Waals surface area contributed by atoms with Gasteiger partial charge in [0.25, 0.3) is 5.56 Å². The van der Waals surface area contributed by atoms with Gasteiger partial charge in [-0.1, -0.05) is 36.8 Å². The van der Waals surface area contributed by atoms with Crippen LogP contribution in [0.4, 0.5) is 5.82 Å². The van der Waals surface area contributed by atoms with Crippen LogP contribution >= 0.6 is 0 Å². The van der Waals surface area contributed by atoms with Gasteiger partial charge in [0.2, 0.25) is 0 Å². The highest BCUT2D eigenvalue weighted by Gasteiger charge is 2.29. The molecule has 3 heterocycles. The lowest BCUT2D eigenvalue weighted by molar-refractivity contribution is 0.0970. The predicted molar refractivity (Wildman–Crippen MR) is 133 cm³/mol. The maximum Gasteiger partial charge on any atom is 0.278 e. The monoisotopic (exact) mass is 458 g/mol. The molecule has 0 aliphatic carbocycles. The fourth-order valence-corrected chi connectivity index (χ4v) is 4.44. The normalized spacial score (nSPS) is 15.5. The summed E-state index contributed by atoms with van der Waals surface area (Å²) in [5, 5.41) is 10.00. The summed E-state index contributed by atoms with van der Waals surface area (Å²) in [6, 6.07) is 9.73. The van der Waals surface area contributed by atoms with Gasteiger partial charge in [-0.3, -0.25) is 14.2 Å². The Bertz CT molecular complexity index is 1370. The molecule has 176 valence electrons. The minimum atomic E-state index is -0.335. The lowest BCUT2D eigenvalue weighted by atomic mass is 10.1. The number of aromatic nitrogens is 3. The Kier molecular flexibility index (Phi) is 6.66. The number of hydrogen-bond acceptors (Lipinski definition) is 6. The third kappa shape index (κ3) is 4.39. The van der Waals surface area contributed by atoms with E-state index in [0.29, 0.717) is 47.6 Å². The summed E-state index contributed by atoms with van der Waals surface area (Å²) in [7, 11) is 0. The Labute approximate surface area is 198 Å². The van der Waals surface area contributed by atoms with Gasteiger partial charge in [0.15, 0.2) is 5.78 Å². The topological polar surface area (TPSA) is 110 Å². The van der Waals surface area contributed by atoms with Crippen molar-refractivity contribution in [2.75, 3.05) is 18.0 Å². The molecule has 1 aliphatic rings. The first-order valence-corrected chi connectivity index (χ1v) is 11.6. The number of anilines is 1. The van der Waals surface area contributed by atoms with Crippen molar-refractivity contribution in [1.29, 1.82) is 5.26 Å². The van der Waals surface area contributed by atoms with E-state index in [2.05, 4.69) is 16.0 Å². The Hall–Kier alpha value is -3.70. The molecule has 1 aliphatic heterocycles. The van der Waals surface area contributed by atoms with E-state index < -0.39 is 0 Å². The molecule has 0 amide bonds. The smallest absolute Gasteiger partial charge is 0.278 e. The Balaban J connectivity index is 1.84. The van der Waals surface area contributed by atoms with E-state index in [-0.39, 0.29) is 23.9 Å². The molecular formula is C26H30N6O2. The zero-order chi connectivity index (χ0) is 24.4. The molecule has 4 rings (SSSR count). The number of fused-ring (bicyclic) bond motifs is 1. The maximum atomic E-state index is 13.6. The molecule has 8 nitrogen and oxygen atoms in total. The van der Waals surface area contributed by atoms with Gasteiger partial charge in [-0.25, -0.2) is 4.98 Å². The molecule has 0 spiro atoms. The second kappa shape index (κ2) is 9.65. The fourth-order valence-electron chi connectivity index (χ4n) is 4.44. The fraction of sp³-hybridized carbons (Fsp3) is 0.385. The number of Topliss-reactive ketones (excluding diaryl/α,β-unsaturated/α-hetero) is 1. The Morgan fingerprint density at radius 1 is 1.35 bits per heavy atom. The number of allylic oxidation sites excluding steroid dienone is 2. The average molecular weight is 459 g/mol. The largest absolute Gasteiger partial charge is 0.355 e. The van der Waals surface area contributed by atoms with Gasteiger partial charge in [0, 0.05) is 31.2 Å². The maximum absolute atomic E-state index is 13.6. The van der Waals surface area contributed by atoms with Crippen molar-refractivity contribution in [2.45, 2.75) is 52.7 Å². The van der Waals surface area contributed by atoms with Crippen LogP contribution in [0.3, 0.4) is 0 Å². The van der Waals surface area contributed by atoms with Gasteiger partial charge >= 0.3 is 0 Å². The van der Waals surface area contributed by atoms with Crippen LogP contribution in [0.25, 0.3) is 11.0 Å². The average Bonchev–Trinajstić information content (AvgIpc) is 3.39. The van der Waals surface area contributed by atoms with Crippen molar-refractivity contribution in [3.63, 3.8) is 0 Å². The van der Waals surface area contributed by atoms with E-state index in [0.717, 1.165) is 24.0 Å².